The zero-order chi connectivity index (χ0) is 17.6. The van der Waals surface area contributed by atoms with Gasteiger partial charge in [0.25, 0.3) is 0 Å². The first-order valence-corrected chi connectivity index (χ1v) is 8.03. The molecule has 134 valence electrons. The molecular weight excluding hydrogens is 350 g/mol. The van der Waals surface area contributed by atoms with Crippen LogP contribution in [0.5, 0.6) is 0 Å². The van der Waals surface area contributed by atoms with Gasteiger partial charge in [0.2, 0.25) is 0 Å². The Labute approximate surface area is 158 Å². The van der Waals surface area contributed by atoms with E-state index in [0.29, 0.717) is 17.8 Å². The summed E-state index contributed by atoms with van der Waals surface area (Å²) in [6, 6.07) is 14.2. The quantitative estimate of drug-likeness (QED) is 0.290. The predicted molar refractivity (Wildman–Crippen MR) is 105 cm³/mol. The Morgan fingerprint density at radius 1 is 1.23 bits per heavy atom. The summed E-state index contributed by atoms with van der Waals surface area (Å²) in [5, 5.41) is 6.38. The van der Waals surface area contributed by atoms with Gasteiger partial charge in [-0.1, -0.05) is 47.6 Å². The number of rotatable bonds is 5. The van der Waals surface area contributed by atoms with Crippen LogP contribution in [-0.2, 0) is 16.2 Å². The van der Waals surface area contributed by atoms with E-state index in [-0.39, 0.29) is 12.4 Å². The number of allylic oxidation sites excluding steroid dienone is 1. The molecule has 6 heteroatoms. The molecule has 0 amide bonds. The topological polar surface area (TPSA) is 56.5 Å². The van der Waals surface area contributed by atoms with E-state index in [9.17, 15) is 4.79 Å². The Morgan fingerprint density at radius 3 is 2.69 bits per heavy atom. The van der Waals surface area contributed by atoms with Gasteiger partial charge < -0.3 is 9.40 Å². The maximum absolute atomic E-state index is 11.9. The number of imidazole rings is 1. The van der Waals surface area contributed by atoms with Gasteiger partial charge in [-0.25, -0.2) is 9.78 Å². The van der Waals surface area contributed by atoms with E-state index in [0.717, 1.165) is 16.3 Å². The SMILES string of the molecule is C/C=C(\C)C(=O)O/N=C(\Cn1ccnc1)c1ccc2ccccc2c1.Cl. The number of halogens is 1. The molecule has 0 unspecified atom stereocenters. The summed E-state index contributed by atoms with van der Waals surface area (Å²) in [6.07, 6.45) is 6.95. The number of fused-ring (bicyclic) bond motifs is 1. The summed E-state index contributed by atoms with van der Waals surface area (Å²) in [5.41, 5.74) is 2.07. The van der Waals surface area contributed by atoms with Gasteiger partial charge in [0.05, 0.1) is 12.9 Å². The van der Waals surface area contributed by atoms with Gasteiger partial charge in [-0.3, -0.25) is 0 Å². The van der Waals surface area contributed by atoms with Crippen molar-refractivity contribution in [3.63, 3.8) is 0 Å². The van der Waals surface area contributed by atoms with Crippen molar-refractivity contribution >= 4 is 34.9 Å². The fraction of sp³-hybridized carbons (Fsp3) is 0.150. The van der Waals surface area contributed by atoms with E-state index in [1.54, 1.807) is 32.4 Å². The van der Waals surface area contributed by atoms with Gasteiger partial charge in [0, 0.05) is 23.5 Å². The van der Waals surface area contributed by atoms with E-state index < -0.39 is 5.97 Å². The molecule has 1 heterocycles. The lowest BCUT2D eigenvalue weighted by molar-refractivity contribution is -0.139. The molecule has 0 aliphatic rings. The minimum atomic E-state index is -0.452. The second-order valence-corrected chi connectivity index (χ2v) is 5.69. The molecule has 5 nitrogen and oxygen atoms in total. The fourth-order valence-electron chi connectivity index (χ4n) is 2.38. The zero-order valence-corrected chi connectivity index (χ0v) is 15.4. The van der Waals surface area contributed by atoms with Crippen molar-refractivity contribution in [3.05, 3.63) is 78.4 Å². The molecule has 0 spiro atoms. The van der Waals surface area contributed by atoms with E-state index in [1.807, 2.05) is 47.2 Å². The summed E-state index contributed by atoms with van der Waals surface area (Å²) >= 11 is 0. The third-order valence-corrected chi connectivity index (χ3v) is 3.97. The Balaban J connectivity index is 0.00000243. The van der Waals surface area contributed by atoms with Crippen LogP contribution in [0.1, 0.15) is 19.4 Å². The van der Waals surface area contributed by atoms with Gasteiger partial charge in [0.15, 0.2) is 0 Å². The minimum Gasteiger partial charge on any atom is -0.331 e. The van der Waals surface area contributed by atoms with Crippen molar-refractivity contribution in [3.8, 4) is 0 Å². The summed E-state index contributed by atoms with van der Waals surface area (Å²) < 4.78 is 1.88. The van der Waals surface area contributed by atoms with Crippen LogP contribution in [0.3, 0.4) is 0 Å². The Morgan fingerprint density at radius 2 is 2.00 bits per heavy atom. The van der Waals surface area contributed by atoms with Gasteiger partial charge in [-0.05, 0) is 30.7 Å². The molecular formula is C20H20ClN3O2. The molecule has 0 aliphatic carbocycles. The van der Waals surface area contributed by atoms with Crippen LogP contribution in [0.2, 0.25) is 0 Å². The van der Waals surface area contributed by atoms with E-state index in [4.69, 9.17) is 4.84 Å². The molecule has 0 saturated heterocycles. The van der Waals surface area contributed by atoms with Crippen LogP contribution in [0.4, 0.5) is 0 Å². The maximum Gasteiger partial charge on any atom is 0.361 e. The number of benzene rings is 2. The second kappa shape index (κ2) is 8.97. The first-order valence-electron chi connectivity index (χ1n) is 8.03. The Hall–Kier alpha value is -2.92. The summed E-state index contributed by atoms with van der Waals surface area (Å²) in [4.78, 5) is 21.1. The average molecular weight is 370 g/mol. The van der Waals surface area contributed by atoms with E-state index in [1.165, 1.54) is 0 Å². The van der Waals surface area contributed by atoms with Crippen molar-refractivity contribution < 1.29 is 9.63 Å². The molecule has 0 atom stereocenters. The normalized spacial score (nSPS) is 11.9. The molecule has 2 aromatic carbocycles. The summed E-state index contributed by atoms with van der Waals surface area (Å²) in [6.45, 7) is 3.94. The molecule has 0 N–H and O–H groups in total. The molecule has 0 bridgehead atoms. The largest absolute Gasteiger partial charge is 0.361 e. The number of hydrogen-bond donors (Lipinski definition) is 0. The molecule has 3 rings (SSSR count). The number of nitrogens with zero attached hydrogens (tertiary/aromatic N) is 3. The van der Waals surface area contributed by atoms with E-state index >= 15 is 0 Å². The number of carbonyl (C=O) groups excluding carboxylic acids is 1. The predicted octanol–water partition coefficient (Wildman–Crippen LogP) is 4.37. The van der Waals surface area contributed by atoms with Crippen LogP contribution < -0.4 is 0 Å². The minimum absolute atomic E-state index is 0. The van der Waals surface area contributed by atoms with Gasteiger partial charge in [-0.2, -0.15) is 0 Å². The Kier molecular flexibility index (Phi) is 6.69. The first kappa shape index (κ1) is 19.4. The van der Waals surface area contributed by atoms with Crippen molar-refractivity contribution in [2.75, 3.05) is 0 Å². The number of oxime groups is 1. The molecule has 1 aromatic heterocycles. The van der Waals surface area contributed by atoms with Crippen LogP contribution >= 0.6 is 12.4 Å². The second-order valence-electron chi connectivity index (χ2n) is 5.69. The smallest absolute Gasteiger partial charge is 0.331 e. The van der Waals surface area contributed by atoms with Gasteiger partial charge in [0.1, 0.15) is 5.71 Å². The van der Waals surface area contributed by atoms with Crippen molar-refractivity contribution in [1.29, 1.82) is 0 Å². The molecule has 0 fully saturated rings. The van der Waals surface area contributed by atoms with Crippen LogP contribution in [0, 0.1) is 0 Å². The lowest BCUT2D eigenvalue weighted by Gasteiger charge is -2.09. The highest BCUT2D eigenvalue weighted by atomic mass is 35.5. The standard InChI is InChI=1S/C20H19N3O2.ClH/c1-3-15(2)20(24)25-22-19(13-23-11-10-21-14-23)18-9-8-16-6-4-5-7-17(16)12-18;/h3-12,14H,13H2,1-2H3;1H/b15-3+,22-19+;. The third-order valence-electron chi connectivity index (χ3n) is 3.97. The lowest BCUT2D eigenvalue weighted by atomic mass is 10.0. The molecule has 0 radical (unpaired) electrons. The van der Waals surface area contributed by atoms with Crippen molar-refractivity contribution in [1.82, 2.24) is 9.55 Å². The average Bonchev–Trinajstić information content (AvgIpc) is 3.16. The van der Waals surface area contributed by atoms with Crippen LogP contribution in [0.15, 0.2) is 78.0 Å². The van der Waals surface area contributed by atoms with Crippen molar-refractivity contribution in [2.24, 2.45) is 5.16 Å². The van der Waals surface area contributed by atoms with Gasteiger partial charge in [-0.15, -0.1) is 12.4 Å². The third kappa shape index (κ3) is 4.58. The lowest BCUT2D eigenvalue weighted by Crippen LogP contribution is -2.13. The van der Waals surface area contributed by atoms with Crippen molar-refractivity contribution in [2.45, 2.75) is 20.4 Å². The van der Waals surface area contributed by atoms with Crippen LogP contribution in [-0.4, -0.2) is 21.2 Å². The fourth-order valence-corrected chi connectivity index (χ4v) is 2.38. The molecule has 0 aliphatic heterocycles. The first-order chi connectivity index (χ1) is 12.2. The summed E-state index contributed by atoms with van der Waals surface area (Å²) in [7, 11) is 0. The molecule has 26 heavy (non-hydrogen) atoms. The summed E-state index contributed by atoms with van der Waals surface area (Å²) in [5.74, 6) is -0.452. The highest BCUT2D eigenvalue weighted by Crippen LogP contribution is 2.17. The van der Waals surface area contributed by atoms with E-state index in [2.05, 4.69) is 16.2 Å². The number of carbonyl (C=O) groups is 1. The van der Waals surface area contributed by atoms with Crippen LogP contribution in [0.25, 0.3) is 10.8 Å². The van der Waals surface area contributed by atoms with Gasteiger partial charge >= 0.3 is 5.97 Å². The number of aromatic nitrogens is 2. The Bertz CT molecular complexity index is 947. The number of hydrogen-bond acceptors (Lipinski definition) is 4. The zero-order valence-electron chi connectivity index (χ0n) is 14.6. The maximum atomic E-state index is 11.9. The highest BCUT2D eigenvalue weighted by molar-refractivity contribution is 6.03. The molecule has 0 saturated carbocycles. The monoisotopic (exact) mass is 369 g/mol. The highest BCUT2D eigenvalue weighted by Gasteiger charge is 2.10. The molecule has 3 aromatic rings.